The van der Waals surface area contributed by atoms with Crippen molar-refractivity contribution in [3.63, 3.8) is 0 Å². The third-order valence-electron chi connectivity index (χ3n) is 3.17. The number of nitrogens with zero attached hydrogens (tertiary/aromatic N) is 2. The number of hydrogen-bond donors (Lipinski definition) is 1. The van der Waals surface area contributed by atoms with Crippen LogP contribution < -0.4 is 5.32 Å². The summed E-state index contributed by atoms with van der Waals surface area (Å²) in [4.78, 5) is 4.11. The maximum Gasteiger partial charge on any atom is 0.0837 e. The van der Waals surface area contributed by atoms with Crippen LogP contribution in [0.15, 0.2) is 54.9 Å². The normalized spacial score (nSPS) is 13.5. The molecule has 2 unspecified atom stereocenters. The van der Waals surface area contributed by atoms with Crippen molar-refractivity contribution in [1.29, 1.82) is 5.26 Å². The molecule has 0 radical (unpaired) electrons. The monoisotopic (exact) mass is 251 g/mol. The fraction of sp³-hybridized carbons (Fsp3) is 0.250. The van der Waals surface area contributed by atoms with Gasteiger partial charge in [-0.2, -0.15) is 5.26 Å². The lowest BCUT2D eigenvalue weighted by molar-refractivity contribution is 0.556. The Morgan fingerprint density at radius 3 is 2.53 bits per heavy atom. The van der Waals surface area contributed by atoms with Gasteiger partial charge in [-0.1, -0.05) is 36.4 Å². The average molecular weight is 251 g/mol. The maximum absolute atomic E-state index is 9.26. The van der Waals surface area contributed by atoms with Crippen molar-refractivity contribution in [2.75, 3.05) is 6.54 Å². The van der Waals surface area contributed by atoms with Gasteiger partial charge in [0, 0.05) is 25.0 Å². The van der Waals surface area contributed by atoms with Crippen molar-refractivity contribution < 1.29 is 0 Å². The summed E-state index contributed by atoms with van der Waals surface area (Å²) >= 11 is 0. The zero-order valence-electron chi connectivity index (χ0n) is 11.0. The summed E-state index contributed by atoms with van der Waals surface area (Å²) in [5.41, 5.74) is 2.18. The Kier molecular flexibility index (Phi) is 4.66. The largest absolute Gasteiger partial charge is 0.308 e. The fourth-order valence-corrected chi connectivity index (χ4v) is 1.97. The van der Waals surface area contributed by atoms with Crippen molar-refractivity contribution in [2.45, 2.75) is 18.9 Å². The minimum Gasteiger partial charge on any atom is -0.308 e. The van der Waals surface area contributed by atoms with Crippen molar-refractivity contribution in [3.05, 3.63) is 66.0 Å². The zero-order valence-corrected chi connectivity index (χ0v) is 11.0. The van der Waals surface area contributed by atoms with Crippen LogP contribution in [0.4, 0.5) is 0 Å². The second-order valence-electron chi connectivity index (χ2n) is 4.51. The first kappa shape index (κ1) is 13.3. The van der Waals surface area contributed by atoms with Crippen molar-refractivity contribution in [1.82, 2.24) is 10.3 Å². The van der Waals surface area contributed by atoms with Gasteiger partial charge >= 0.3 is 0 Å². The van der Waals surface area contributed by atoms with Crippen LogP contribution in [0.2, 0.25) is 0 Å². The summed E-state index contributed by atoms with van der Waals surface area (Å²) in [6.07, 6.45) is 3.61. The zero-order chi connectivity index (χ0) is 13.5. The molecule has 1 N–H and O–H groups in total. The predicted octanol–water partition coefficient (Wildman–Crippen LogP) is 3.04. The van der Waals surface area contributed by atoms with Crippen LogP contribution in [0.3, 0.4) is 0 Å². The summed E-state index contributed by atoms with van der Waals surface area (Å²) in [6.45, 7) is 2.72. The lowest BCUT2D eigenvalue weighted by Crippen LogP contribution is -2.24. The second-order valence-corrected chi connectivity index (χ2v) is 4.51. The number of rotatable bonds is 5. The van der Waals surface area contributed by atoms with Crippen molar-refractivity contribution >= 4 is 0 Å². The Morgan fingerprint density at radius 2 is 1.89 bits per heavy atom. The van der Waals surface area contributed by atoms with Crippen molar-refractivity contribution in [3.8, 4) is 6.07 Å². The Balaban J connectivity index is 1.96. The lowest BCUT2D eigenvalue weighted by atomic mass is 10.00. The summed E-state index contributed by atoms with van der Waals surface area (Å²) in [5.74, 6) is -0.125. The standard InChI is InChI=1S/C16H17N3/c1-13(15-8-5-9-18-11-15)19-12-16(10-17)14-6-3-2-4-7-14/h2-9,11,13,16,19H,12H2,1H3. The molecule has 0 amide bonds. The molecule has 1 aromatic heterocycles. The van der Waals surface area contributed by atoms with Gasteiger partial charge in [-0.05, 0) is 24.1 Å². The van der Waals surface area contributed by atoms with Gasteiger partial charge in [-0.3, -0.25) is 4.98 Å². The first-order chi connectivity index (χ1) is 9.31. The number of nitrogens with one attached hydrogen (secondary N) is 1. The smallest absolute Gasteiger partial charge is 0.0837 e. The van der Waals surface area contributed by atoms with E-state index in [4.69, 9.17) is 0 Å². The Labute approximate surface area is 113 Å². The molecule has 0 aliphatic carbocycles. The third-order valence-corrected chi connectivity index (χ3v) is 3.17. The van der Waals surface area contributed by atoms with E-state index in [9.17, 15) is 5.26 Å². The van der Waals surface area contributed by atoms with Crippen LogP contribution in [0.1, 0.15) is 30.0 Å². The van der Waals surface area contributed by atoms with E-state index < -0.39 is 0 Å². The molecule has 1 aromatic carbocycles. The fourth-order valence-electron chi connectivity index (χ4n) is 1.97. The predicted molar refractivity (Wildman–Crippen MR) is 75.5 cm³/mol. The molecule has 0 saturated heterocycles. The van der Waals surface area contributed by atoms with Crippen LogP contribution in [0.5, 0.6) is 0 Å². The molecule has 3 heteroatoms. The molecule has 0 aliphatic rings. The number of pyridine rings is 1. The highest BCUT2D eigenvalue weighted by Crippen LogP contribution is 2.16. The molecule has 2 aromatic rings. The van der Waals surface area contributed by atoms with E-state index in [1.54, 1.807) is 6.20 Å². The molecule has 1 heterocycles. The van der Waals surface area contributed by atoms with Crippen molar-refractivity contribution in [2.24, 2.45) is 0 Å². The van der Waals surface area contributed by atoms with Gasteiger partial charge in [0.1, 0.15) is 0 Å². The van der Waals surface area contributed by atoms with E-state index in [1.807, 2.05) is 48.7 Å². The summed E-state index contributed by atoms with van der Waals surface area (Å²) in [7, 11) is 0. The average Bonchev–Trinajstić information content (AvgIpc) is 2.49. The van der Waals surface area contributed by atoms with Gasteiger partial charge in [0.15, 0.2) is 0 Å². The van der Waals surface area contributed by atoms with E-state index in [1.165, 1.54) is 0 Å². The second kappa shape index (κ2) is 6.67. The Bertz CT molecular complexity index is 531. The third kappa shape index (κ3) is 3.64. The topological polar surface area (TPSA) is 48.7 Å². The number of aromatic nitrogens is 1. The Hall–Kier alpha value is -2.18. The molecule has 0 aliphatic heterocycles. The highest BCUT2D eigenvalue weighted by atomic mass is 14.9. The molecule has 3 nitrogen and oxygen atoms in total. The molecular formula is C16H17N3. The minimum atomic E-state index is -0.125. The highest BCUT2D eigenvalue weighted by molar-refractivity contribution is 5.25. The van der Waals surface area contributed by atoms with Gasteiger partial charge < -0.3 is 5.32 Å². The van der Waals surface area contributed by atoms with Crippen LogP contribution in [0.25, 0.3) is 0 Å². The summed E-state index contributed by atoms with van der Waals surface area (Å²) in [6, 6.07) is 16.4. The molecular weight excluding hydrogens is 234 g/mol. The van der Waals surface area contributed by atoms with Crippen LogP contribution in [0, 0.1) is 11.3 Å². The van der Waals surface area contributed by atoms with Gasteiger partial charge in [0.25, 0.3) is 0 Å². The first-order valence-corrected chi connectivity index (χ1v) is 6.39. The molecule has 0 fully saturated rings. The molecule has 19 heavy (non-hydrogen) atoms. The summed E-state index contributed by atoms with van der Waals surface area (Å²) in [5, 5.41) is 12.6. The van der Waals surface area contributed by atoms with Crippen LogP contribution in [-0.2, 0) is 0 Å². The van der Waals surface area contributed by atoms with Crippen LogP contribution >= 0.6 is 0 Å². The maximum atomic E-state index is 9.26. The minimum absolute atomic E-state index is 0.125. The van der Waals surface area contributed by atoms with Gasteiger partial charge in [-0.15, -0.1) is 0 Å². The molecule has 0 bridgehead atoms. The van der Waals surface area contributed by atoms with E-state index in [0.29, 0.717) is 6.54 Å². The SMILES string of the molecule is CC(NCC(C#N)c1ccccc1)c1cccnc1. The molecule has 96 valence electrons. The summed E-state index contributed by atoms with van der Waals surface area (Å²) < 4.78 is 0. The van der Waals surface area contributed by atoms with E-state index >= 15 is 0 Å². The molecule has 2 rings (SSSR count). The van der Waals surface area contributed by atoms with E-state index in [0.717, 1.165) is 11.1 Å². The highest BCUT2D eigenvalue weighted by Gasteiger charge is 2.12. The van der Waals surface area contributed by atoms with E-state index in [-0.39, 0.29) is 12.0 Å². The van der Waals surface area contributed by atoms with Gasteiger partial charge in [0.05, 0.1) is 12.0 Å². The first-order valence-electron chi connectivity index (χ1n) is 6.39. The number of hydrogen-bond acceptors (Lipinski definition) is 3. The molecule has 2 atom stereocenters. The van der Waals surface area contributed by atoms with Gasteiger partial charge in [-0.25, -0.2) is 0 Å². The Morgan fingerprint density at radius 1 is 1.16 bits per heavy atom. The molecule has 0 spiro atoms. The van der Waals surface area contributed by atoms with Gasteiger partial charge in [0.2, 0.25) is 0 Å². The molecule has 0 saturated carbocycles. The lowest BCUT2D eigenvalue weighted by Gasteiger charge is -2.16. The quantitative estimate of drug-likeness (QED) is 0.888. The van der Waals surface area contributed by atoms with Crippen LogP contribution in [-0.4, -0.2) is 11.5 Å². The number of nitriles is 1. The van der Waals surface area contributed by atoms with E-state index in [2.05, 4.69) is 23.3 Å². The number of benzene rings is 1.